The average molecular weight is 420 g/mol. The fourth-order valence-corrected chi connectivity index (χ4v) is 3.82. The van der Waals surface area contributed by atoms with Gasteiger partial charge in [-0.15, -0.1) is 0 Å². The monoisotopic (exact) mass is 420 g/mol. The van der Waals surface area contributed by atoms with E-state index in [0.29, 0.717) is 38.9 Å². The van der Waals surface area contributed by atoms with Gasteiger partial charge >= 0.3 is 0 Å². The predicted octanol–water partition coefficient (Wildman–Crippen LogP) is 3.11. The molecule has 1 atom stereocenters. The number of likely N-dealkylation sites (tertiary alicyclic amines) is 1. The topological polar surface area (TPSA) is 67.2 Å². The first-order chi connectivity index (χ1) is 15.1. The van der Waals surface area contributed by atoms with Crippen LogP contribution in [-0.4, -0.2) is 39.6 Å². The maximum Gasteiger partial charge on any atom is 0.224 e. The number of halogens is 1. The van der Waals surface area contributed by atoms with Crippen LogP contribution in [0, 0.1) is 11.7 Å². The third-order valence-electron chi connectivity index (χ3n) is 5.50. The number of aromatic nitrogens is 2. The van der Waals surface area contributed by atoms with E-state index in [9.17, 15) is 14.0 Å². The second-order valence-corrected chi connectivity index (χ2v) is 7.81. The van der Waals surface area contributed by atoms with Crippen LogP contribution in [0.25, 0.3) is 5.69 Å². The van der Waals surface area contributed by atoms with Crippen LogP contribution in [0.4, 0.5) is 4.39 Å². The molecule has 160 valence electrons. The van der Waals surface area contributed by atoms with Gasteiger partial charge in [0.1, 0.15) is 5.82 Å². The fourth-order valence-electron chi connectivity index (χ4n) is 3.82. The molecule has 0 unspecified atom stereocenters. The summed E-state index contributed by atoms with van der Waals surface area (Å²) in [4.78, 5) is 26.6. The van der Waals surface area contributed by atoms with Crippen molar-refractivity contribution in [2.75, 3.05) is 13.1 Å². The average Bonchev–Trinajstić information content (AvgIpc) is 3.25. The van der Waals surface area contributed by atoms with E-state index in [1.54, 1.807) is 23.2 Å². The van der Waals surface area contributed by atoms with Gasteiger partial charge in [0.05, 0.1) is 17.8 Å². The molecule has 0 radical (unpaired) electrons. The first kappa shape index (κ1) is 20.8. The standard InChI is InChI=1S/C24H25FN4O2/c25-21-6-4-5-18(13-21)15-28-17-20(9-10-23(28)30)24(31)26-12-11-19-14-27-29(16-19)22-7-2-1-3-8-22/h1-8,13-14,16,20H,9-12,15,17H2,(H,26,31)/t20-/m0/s1. The Morgan fingerprint density at radius 3 is 2.77 bits per heavy atom. The smallest absolute Gasteiger partial charge is 0.224 e. The van der Waals surface area contributed by atoms with Crippen molar-refractivity contribution in [2.24, 2.45) is 5.92 Å². The van der Waals surface area contributed by atoms with Crippen LogP contribution in [0.1, 0.15) is 24.0 Å². The largest absolute Gasteiger partial charge is 0.355 e. The molecule has 1 fully saturated rings. The number of benzene rings is 2. The zero-order valence-corrected chi connectivity index (χ0v) is 17.2. The number of carbonyl (C=O) groups is 2. The summed E-state index contributed by atoms with van der Waals surface area (Å²) in [6.07, 6.45) is 5.31. The van der Waals surface area contributed by atoms with E-state index in [0.717, 1.165) is 16.8 Å². The van der Waals surface area contributed by atoms with Crippen LogP contribution in [0.15, 0.2) is 67.0 Å². The van der Waals surface area contributed by atoms with Gasteiger partial charge in [-0.1, -0.05) is 30.3 Å². The van der Waals surface area contributed by atoms with Gasteiger partial charge in [-0.3, -0.25) is 9.59 Å². The number of carbonyl (C=O) groups excluding carboxylic acids is 2. The van der Waals surface area contributed by atoms with E-state index < -0.39 is 0 Å². The van der Waals surface area contributed by atoms with Crippen molar-refractivity contribution in [3.63, 3.8) is 0 Å². The molecule has 2 heterocycles. The molecule has 1 aromatic heterocycles. The van der Waals surface area contributed by atoms with E-state index in [1.807, 2.05) is 41.2 Å². The van der Waals surface area contributed by atoms with E-state index >= 15 is 0 Å². The first-order valence-corrected chi connectivity index (χ1v) is 10.5. The van der Waals surface area contributed by atoms with Crippen LogP contribution < -0.4 is 5.32 Å². The Kier molecular flexibility index (Phi) is 6.40. The Morgan fingerprint density at radius 1 is 1.13 bits per heavy atom. The van der Waals surface area contributed by atoms with Gasteiger partial charge in [-0.2, -0.15) is 5.10 Å². The molecular formula is C24H25FN4O2. The molecule has 2 amide bonds. The lowest BCUT2D eigenvalue weighted by molar-refractivity contribution is -0.138. The molecular weight excluding hydrogens is 395 g/mol. The number of piperidine rings is 1. The Balaban J connectivity index is 1.27. The number of amides is 2. The Bertz CT molecular complexity index is 1050. The van der Waals surface area contributed by atoms with Crippen LogP contribution in [0.3, 0.4) is 0 Å². The van der Waals surface area contributed by atoms with Gasteiger partial charge < -0.3 is 10.2 Å². The van der Waals surface area contributed by atoms with Crippen molar-refractivity contribution in [1.82, 2.24) is 20.0 Å². The molecule has 0 spiro atoms. The summed E-state index contributed by atoms with van der Waals surface area (Å²) in [5.74, 6) is -0.626. The molecule has 6 nitrogen and oxygen atoms in total. The van der Waals surface area contributed by atoms with Crippen molar-refractivity contribution in [2.45, 2.75) is 25.8 Å². The van der Waals surface area contributed by atoms with Gasteiger partial charge in [-0.25, -0.2) is 9.07 Å². The van der Waals surface area contributed by atoms with Crippen molar-refractivity contribution in [3.05, 3.63) is 83.9 Å². The molecule has 0 saturated carbocycles. The normalized spacial score (nSPS) is 16.4. The highest BCUT2D eigenvalue weighted by atomic mass is 19.1. The number of para-hydroxylation sites is 1. The SMILES string of the molecule is O=C(NCCc1cnn(-c2ccccc2)c1)[C@H]1CCC(=O)N(Cc2cccc(F)c2)C1. The summed E-state index contributed by atoms with van der Waals surface area (Å²) in [6, 6.07) is 16.1. The lowest BCUT2D eigenvalue weighted by Gasteiger charge is -2.32. The number of hydrogen-bond donors (Lipinski definition) is 1. The Hall–Kier alpha value is -3.48. The minimum absolute atomic E-state index is 0.00152. The van der Waals surface area contributed by atoms with Crippen LogP contribution in [-0.2, 0) is 22.6 Å². The number of hydrogen-bond acceptors (Lipinski definition) is 3. The molecule has 31 heavy (non-hydrogen) atoms. The van der Waals surface area contributed by atoms with Gasteiger partial charge in [0.25, 0.3) is 0 Å². The highest BCUT2D eigenvalue weighted by Gasteiger charge is 2.30. The summed E-state index contributed by atoms with van der Waals surface area (Å²) in [7, 11) is 0. The third kappa shape index (κ3) is 5.36. The quantitative estimate of drug-likeness (QED) is 0.639. The Morgan fingerprint density at radius 2 is 1.97 bits per heavy atom. The van der Waals surface area contributed by atoms with Gasteiger partial charge in [-0.05, 0) is 48.2 Å². The van der Waals surface area contributed by atoms with Crippen molar-refractivity contribution >= 4 is 11.8 Å². The molecule has 2 aromatic carbocycles. The summed E-state index contributed by atoms with van der Waals surface area (Å²) in [5.41, 5.74) is 2.75. The van der Waals surface area contributed by atoms with E-state index in [-0.39, 0.29) is 23.5 Å². The van der Waals surface area contributed by atoms with Crippen molar-refractivity contribution in [1.29, 1.82) is 0 Å². The summed E-state index contributed by atoms with van der Waals surface area (Å²) in [5, 5.41) is 7.36. The van der Waals surface area contributed by atoms with Gasteiger partial charge in [0, 0.05) is 32.3 Å². The predicted molar refractivity (Wildman–Crippen MR) is 115 cm³/mol. The summed E-state index contributed by atoms with van der Waals surface area (Å²) < 4.78 is 15.2. The molecule has 0 bridgehead atoms. The zero-order chi connectivity index (χ0) is 21.6. The Labute approximate surface area is 180 Å². The molecule has 4 rings (SSSR count). The number of nitrogens with one attached hydrogen (secondary N) is 1. The second kappa shape index (κ2) is 9.55. The van der Waals surface area contributed by atoms with E-state index in [1.165, 1.54) is 12.1 Å². The minimum Gasteiger partial charge on any atom is -0.355 e. The minimum atomic E-state index is -0.327. The van der Waals surface area contributed by atoms with Gasteiger partial charge in [0.15, 0.2) is 0 Å². The molecule has 3 aromatic rings. The van der Waals surface area contributed by atoms with E-state index in [2.05, 4.69) is 10.4 Å². The first-order valence-electron chi connectivity index (χ1n) is 10.5. The second-order valence-electron chi connectivity index (χ2n) is 7.81. The molecule has 1 saturated heterocycles. The maximum atomic E-state index is 13.4. The van der Waals surface area contributed by atoms with Crippen LogP contribution in [0.2, 0.25) is 0 Å². The molecule has 1 aliphatic heterocycles. The zero-order valence-electron chi connectivity index (χ0n) is 17.2. The lowest BCUT2D eigenvalue weighted by atomic mass is 9.96. The third-order valence-corrected chi connectivity index (χ3v) is 5.50. The molecule has 0 aliphatic carbocycles. The molecule has 7 heteroatoms. The molecule has 1 N–H and O–H groups in total. The van der Waals surface area contributed by atoms with Crippen molar-refractivity contribution < 1.29 is 14.0 Å². The van der Waals surface area contributed by atoms with Crippen LogP contribution in [0.5, 0.6) is 0 Å². The fraction of sp³-hybridized carbons (Fsp3) is 0.292. The lowest BCUT2D eigenvalue weighted by Crippen LogP contribution is -2.45. The van der Waals surface area contributed by atoms with E-state index in [4.69, 9.17) is 0 Å². The number of nitrogens with zero attached hydrogens (tertiary/aromatic N) is 3. The van der Waals surface area contributed by atoms with Crippen molar-refractivity contribution in [3.8, 4) is 5.69 Å². The maximum absolute atomic E-state index is 13.4. The molecule has 1 aliphatic rings. The van der Waals surface area contributed by atoms with Gasteiger partial charge in [0.2, 0.25) is 11.8 Å². The summed E-state index contributed by atoms with van der Waals surface area (Å²) in [6.45, 7) is 1.18. The highest BCUT2D eigenvalue weighted by molar-refractivity contribution is 5.83. The van der Waals surface area contributed by atoms with Crippen LogP contribution >= 0.6 is 0 Å². The number of rotatable bonds is 7. The highest BCUT2D eigenvalue weighted by Crippen LogP contribution is 2.20. The summed E-state index contributed by atoms with van der Waals surface area (Å²) >= 11 is 0.